The molecule has 0 atom stereocenters. The minimum Gasteiger partial charge on any atom is -0.484 e. The van der Waals surface area contributed by atoms with Gasteiger partial charge in [-0.2, -0.15) is 0 Å². The topological polar surface area (TPSA) is 72.5 Å². The zero-order valence-corrected chi connectivity index (χ0v) is 15.1. The van der Waals surface area contributed by atoms with Gasteiger partial charge >= 0.3 is 0 Å². The van der Waals surface area contributed by atoms with Crippen LogP contribution in [-0.4, -0.2) is 20.9 Å². The van der Waals surface area contributed by atoms with Gasteiger partial charge in [-0.25, -0.2) is 13.1 Å². The number of rotatable bonds is 5. The molecule has 0 heterocycles. The highest BCUT2D eigenvalue weighted by atomic mass is 79.9. The van der Waals surface area contributed by atoms with E-state index in [0.29, 0.717) is 5.75 Å². The number of carbonyl (C=O) groups is 1. The van der Waals surface area contributed by atoms with Gasteiger partial charge in [-0.3, -0.25) is 4.79 Å². The van der Waals surface area contributed by atoms with Gasteiger partial charge in [-0.1, -0.05) is 22.0 Å². The first-order valence-electron chi connectivity index (χ1n) is 6.79. The van der Waals surface area contributed by atoms with Gasteiger partial charge < -0.3 is 4.74 Å². The summed E-state index contributed by atoms with van der Waals surface area (Å²) < 4.78 is 32.5. The van der Waals surface area contributed by atoms with Crippen molar-refractivity contribution in [1.29, 1.82) is 0 Å². The van der Waals surface area contributed by atoms with Crippen molar-refractivity contribution in [3.63, 3.8) is 0 Å². The normalized spacial score (nSPS) is 11.1. The van der Waals surface area contributed by atoms with Gasteiger partial charge in [-0.05, 0) is 61.4 Å². The first-order chi connectivity index (χ1) is 10.8. The summed E-state index contributed by atoms with van der Waals surface area (Å²) in [4.78, 5) is 11.9. The van der Waals surface area contributed by atoms with Gasteiger partial charge in [0.2, 0.25) is 0 Å². The molecule has 0 aliphatic rings. The number of halogens is 1. The lowest BCUT2D eigenvalue weighted by atomic mass is 10.1. The quantitative estimate of drug-likeness (QED) is 0.841. The number of hydrogen-bond donors (Lipinski definition) is 1. The fraction of sp³-hybridized carbons (Fsp3) is 0.188. The lowest BCUT2D eigenvalue weighted by Gasteiger charge is -2.10. The molecule has 0 saturated heterocycles. The van der Waals surface area contributed by atoms with Crippen LogP contribution in [0.15, 0.2) is 51.8 Å². The van der Waals surface area contributed by atoms with Crippen molar-refractivity contribution >= 4 is 31.9 Å². The van der Waals surface area contributed by atoms with E-state index in [1.54, 1.807) is 30.3 Å². The van der Waals surface area contributed by atoms with Crippen molar-refractivity contribution in [3.05, 3.63) is 58.1 Å². The second-order valence-corrected chi connectivity index (χ2v) is 7.62. The van der Waals surface area contributed by atoms with E-state index in [0.717, 1.165) is 15.6 Å². The number of benzene rings is 2. The molecule has 0 aliphatic heterocycles. The first-order valence-corrected chi connectivity index (χ1v) is 9.07. The van der Waals surface area contributed by atoms with E-state index in [9.17, 15) is 13.2 Å². The smallest absolute Gasteiger partial charge is 0.271 e. The minimum atomic E-state index is -3.90. The molecule has 2 aromatic carbocycles. The van der Waals surface area contributed by atoms with Crippen LogP contribution >= 0.6 is 15.9 Å². The number of carbonyl (C=O) groups excluding carboxylic acids is 1. The predicted octanol–water partition coefficient (Wildman–Crippen LogP) is 2.95. The summed E-state index contributed by atoms with van der Waals surface area (Å²) >= 11 is 3.29. The van der Waals surface area contributed by atoms with Crippen molar-refractivity contribution in [2.24, 2.45) is 0 Å². The highest BCUT2D eigenvalue weighted by Crippen LogP contribution is 2.16. The lowest BCUT2D eigenvalue weighted by Crippen LogP contribution is -2.34. The molecule has 23 heavy (non-hydrogen) atoms. The molecule has 2 aromatic rings. The van der Waals surface area contributed by atoms with Gasteiger partial charge in [0.25, 0.3) is 15.9 Å². The third-order valence-corrected chi connectivity index (χ3v) is 5.12. The molecule has 0 unspecified atom stereocenters. The molecule has 1 amide bonds. The molecule has 5 nitrogen and oxygen atoms in total. The molecular formula is C16H16BrNO4S. The third kappa shape index (κ3) is 4.80. The standard InChI is InChI=1S/C16H16BrNO4S/c1-11-3-8-15(9-12(11)2)23(20,21)18-16(19)10-22-14-6-4-13(17)5-7-14/h3-9H,10H2,1-2H3,(H,18,19). The molecule has 122 valence electrons. The van der Waals surface area contributed by atoms with E-state index in [1.807, 2.05) is 18.6 Å². The van der Waals surface area contributed by atoms with E-state index < -0.39 is 15.9 Å². The molecule has 0 bridgehead atoms. The minimum absolute atomic E-state index is 0.0533. The fourth-order valence-corrected chi connectivity index (χ4v) is 3.12. The Balaban J connectivity index is 2.00. The second-order valence-electron chi connectivity index (χ2n) is 5.02. The van der Waals surface area contributed by atoms with Crippen LogP contribution in [0, 0.1) is 13.8 Å². The maximum absolute atomic E-state index is 12.2. The molecule has 0 fully saturated rings. The summed E-state index contributed by atoms with van der Waals surface area (Å²) in [6.45, 7) is 3.31. The highest BCUT2D eigenvalue weighted by Gasteiger charge is 2.18. The summed E-state index contributed by atoms with van der Waals surface area (Å²) in [6.07, 6.45) is 0. The van der Waals surface area contributed by atoms with Crippen molar-refractivity contribution < 1.29 is 17.9 Å². The summed E-state index contributed by atoms with van der Waals surface area (Å²) in [5.74, 6) is -0.252. The van der Waals surface area contributed by atoms with Gasteiger partial charge in [-0.15, -0.1) is 0 Å². The first kappa shape index (κ1) is 17.5. The van der Waals surface area contributed by atoms with Gasteiger partial charge in [0, 0.05) is 4.47 Å². The molecule has 0 saturated carbocycles. The number of aryl methyl sites for hydroxylation is 2. The van der Waals surface area contributed by atoms with Crippen LogP contribution in [0.1, 0.15) is 11.1 Å². The van der Waals surface area contributed by atoms with Gasteiger partial charge in [0.1, 0.15) is 5.75 Å². The Kier molecular flexibility index (Phi) is 5.43. The number of hydrogen-bond acceptors (Lipinski definition) is 4. The summed E-state index contributed by atoms with van der Waals surface area (Å²) in [7, 11) is -3.90. The van der Waals surface area contributed by atoms with Gasteiger partial charge in [0.15, 0.2) is 6.61 Å². The Morgan fingerprint density at radius 2 is 1.74 bits per heavy atom. The Morgan fingerprint density at radius 3 is 2.35 bits per heavy atom. The zero-order valence-electron chi connectivity index (χ0n) is 12.7. The maximum Gasteiger partial charge on any atom is 0.271 e. The molecule has 2 rings (SSSR count). The van der Waals surface area contributed by atoms with Crippen molar-refractivity contribution in [2.45, 2.75) is 18.7 Å². The van der Waals surface area contributed by atoms with Crippen LogP contribution in [0.25, 0.3) is 0 Å². The van der Waals surface area contributed by atoms with Crippen LogP contribution in [0.3, 0.4) is 0 Å². The van der Waals surface area contributed by atoms with Crippen molar-refractivity contribution in [2.75, 3.05) is 6.61 Å². The summed E-state index contributed by atoms with van der Waals surface area (Å²) in [5, 5.41) is 0. The van der Waals surface area contributed by atoms with Crippen molar-refractivity contribution in [3.8, 4) is 5.75 Å². The van der Waals surface area contributed by atoms with Crippen LogP contribution in [0.4, 0.5) is 0 Å². The van der Waals surface area contributed by atoms with Crippen LogP contribution in [0.5, 0.6) is 5.75 Å². The number of ether oxygens (including phenoxy) is 1. The van der Waals surface area contributed by atoms with Crippen LogP contribution < -0.4 is 9.46 Å². The molecule has 7 heteroatoms. The number of sulfonamides is 1. The zero-order chi connectivity index (χ0) is 17.0. The Morgan fingerprint density at radius 1 is 1.09 bits per heavy atom. The fourth-order valence-electron chi connectivity index (χ4n) is 1.80. The Labute approximate surface area is 143 Å². The Hall–Kier alpha value is -1.86. The van der Waals surface area contributed by atoms with E-state index in [2.05, 4.69) is 15.9 Å². The maximum atomic E-state index is 12.2. The van der Waals surface area contributed by atoms with E-state index in [1.165, 1.54) is 12.1 Å². The predicted molar refractivity (Wildman–Crippen MR) is 90.9 cm³/mol. The molecule has 0 spiro atoms. The third-order valence-electron chi connectivity index (χ3n) is 3.22. The average Bonchev–Trinajstić information content (AvgIpc) is 2.49. The van der Waals surface area contributed by atoms with E-state index in [-0.39, 0.29) is 11.5 Å². The monoisotopic (exact) mass is 397 g/mol. The summed E-state index contributed by atoms with van der Waals surface area (Å²) in [6, 6.07) is 11.6. The Bertz CT molecular complexity index is 816. The van der Waals surface area contributed by atoms with E-state index in [4.69, 9.17) is 4.74 Å². The van der Waals surface area contributed by atoms with Crippen LogP contribution in [0.2, 0.25) is 0 Å². The summed E-state index contributed by atoms with van der Waals surface area (Å²) in [5.41, 5.74) is 1.82. The molecule has 0 aliphatic carbocycles. The SMILES string of the molecule is Cc1ccc(S(=O)(=O)NC(=O)COc2ccc(Br)cc2)cc1C. The number of nitrogens with one attached hydrogen (secondary N) is 1. The van der Waals surface area contributed by atoms with Crippen LogP contribution in [-0.2, 0) is 14.8 Å². The molecule has 0 radical (unpaired) electrons. The molecule has 0 aromatic heterocycles. The lowest BCUT2D eigenvalue weighted by molar-refractivity contribution is -0.121. The molecule has 1 N–H and O–H groups in total. The second kappa shape index (κ2) is 7.14. The largest absolute Gasteiger partial charge is 0.484 e. The van der Waals surface area contributed by atoms with Crippen molar-refractivity contribution in [1.82, 2.24) is 4.72 Å². The van der Waals surface area contributed by atoms with Gasteiger partial charge in [0.05, 0.1) is 4.90 Å². The molecular weight excluding hydrogens is 382 g/mol. The number of amides is 1. The average molecular weight is 398 g/mol. The highest BCUT2D eigenvalue weighted by molar-refractivity contribution is 9.10. The van der Waals surface area contributed by atoms with E-state index >= 15 is 0 Å².